The van der Waals surface area contributed by atoms with Crippen molar-refractivity contribution in [2.24, 2.45) is 11.8 Å². The molecule has 0 unspecified atom stereocenters. The Labute approximate surface area is 140 Å². The topological polar surface area (TPSA) is 27.8 Å². The monoisotopic (exact) mass is 310 g/mol. The number of aromatic nitrogens is 1. The molecule has 2 heterocycles. The number of rotatable bonds is 4. The molecule has 1 saturated carbocycles. The minimum atomic E-state index is 0.466. The summed E-state index contributed by atoms with van der Waals surface area (Å²) >= 11 is 0. The maximum Gasteiger partial charge on any atom is 0.0478 e. The summed E-state index contributed by atoms with van der Waals surface area (Å²) in [5, 5.41) is 6.27. The maximum atomic E-state index is 3.88. The van der Waals surface area contributed by atoms with E-state index in [9.17, 15) is 0 Å². The molecule has 0 aromatic carbocycles. The summed E-state index contributed by atoms with van der Waals surface area (Å²) in [7, 11) is 0. The Hall–Kier alpha value is -1.54. The Balaban J connectivity index is 1.98. The molecule has 1 aliphatic carbocycles. The van der Waals surface area contributed by atoms with Crippen molar-refractivity contribution in [3.8, 4) is 0 Å². The van der Waals surface area contributed by atoms with E-state index in [1.807, 2.05) is 12.2 Å². The second-order valence-corrected chi connectivity index (χ2v) is 7.00. The molecule has 0 spiro atoms. The van der Waals surface area contributed by atoms with E-state index in [1.165, 1.54) is 60.5 Å². The predicted molar refractivity (Wildman–Crippen MR) is 99.6 cm³/mol. The Morgan fingerprint density at radius 2 is 1.83 bits per heavy atom. The van der Waals surface area contributed by atoms with Crippen LogP contribution in [0.1, 0.15) is 56.3 Å². The van der Waals surface area contributed by atoms with Gasteiger partial charge in [-0.05, 0) is 49.3 Å². The fourth-order valence-electron chi connectivity index (χ4n) is 4.59. The van der Waals surface area contributed by atoms with Gasteiger partial charge < -0.3 is 10.3 Å². The summed E-state index contributed by atoms with van der Waals surface area (Å²) in [6.07, 6.45) is 16.0. The largest absolute Gasteiger partial charge is 0.357 e. The molecule has 0 bridgehead atoms. The van der Waals surface area contributed by atoms with Crippen LogP contribution in [0.3, 0.4) is 0 Å². The van der Waals surface area contributed by atoms with Crippen LogP contribution in [-0.4, -0.2) is 11.5 Å². The molecule has 1 aliphatic heterocycles. The standard InChI is InChI=1S/C21H30N2/c1-4-9-18-17(6-3)21(23-19(18)10-5-2)20-13-15-11-7-8-12-16(15)14-22-20/h4-5,9-10,15-16,20,22-23H,1-2,6-8,11-14H2,3H3/b18-9-,19-10+/t15-,16-,20-/m0/s1. The fourth-order valence-corrected chi connectivity index (χ4v) is 4.59. The SMILES string of the molecule is C=C/C=c1/c(CC)c([C@@H]2C[C@@H]3CCCC[C@H]3CN2)[nH]/c1=C/C=C. The van der Waals surface area contributed by atoms with Gasteiger partial charge >= 0.3 is 0 Å². The zero-order valence-electron chi connectivity index (χ0n) is 14.4. The van der Waals surface area contributed by atoms with E-state index in [-0.39, 0.29) is 0 Å². The number of allylic oxidation sites excluding steroid dienone is 2. The van der Waals surface area contributed by atoms with Gasteiger partial charge in [-0.1, -0.05) is 57.6 Å². The third-order valence-corrected chi connectivity index (χ3v) is 5.71. The molecule has 0 radical (unpaired) electrons. The first-order valence-electron chi connectivity index (χ1n) is 9.18. The van der Waals surface area contributed by atoms with Crippen molar-refractivity contribution in [1.82, 2.24) is 10.3 Å². The van der Waals surface area contributed by atoms with Crippen LogP contribution in [0.15, 0.2) is 25.3 Å². The first kappa shape index (κ1) is 16.3. The molecule has 2 heteroatoms. The normalized spacial score (nSPS) is 29.3. The van der Waals surface area contributed by atoms with Gasteiger partial charge in [-0.3, -0.25) is 0 Å². The lowest BCUT2D eigenvalue weighted by atomic mass is 9.73. The summed E-state index contributed by atoms with van der Waals surface area (Å²) in [6, 6.07) is 0.466. The van der Waals surface area contributed by atoms with Gasteiger partial charge in [0.25, 0.3) is 0 Å². The van der Waals surface area contributed by atoms with Gasteiger partial charge in [0.1, 0.15) is 0 Å². The highest BCUT2D eigenvalue weighted by Gasteiger charge is 2.33. The van der Waals surface area contributed by atoms with Crippen LogP contribution in [0.4, 0.5) is 0 Å². The summed E-state index contributed by atoms with van der Waals surface area (Å²) in [5.41, 5.74) is 2.82. The van der Waals surface area contributed by atoms with Gasteiger partial charge in [0.15, 0.2) is 0 Å². The van der Waals surface area contributed by atoms with Crippen molar-refractivity contribution in [1.29, 1.82) is 0 Å². The molecule has 1 aromatic rings. The maximum absolute atomic E-state index is 3.88. The van der Waals surface area contributed by atoms with Gasteiger partial charge in [0.05, 0.1) is 0 Å². The van der Waals surface area contributed by atoms with Crippen molar-refractivity contribution in [3.63, 3.8) is 0 Å². The van der Waals surface area contributed by atoms with E-state index >= 15 is 0 Å². The molecule has 2 fully saturated rings. The molecular formula is C21H30N2. The highest BCUT2D eigenvalue weighted by atomic mass is 15.0. The molecule has 0 amide bonds. The van der Waals surface area contributed by atoms with E-state index in [0.29, 0.717) is 6.04 Å². The molecule has 124 valence electrons. The number of hydrogen-bond acceptors (Lipinski definition) is 1. The van der Waals surface area contributed by atoms with Gasteiger partial charge in [0.2, 0.25) is 0 Å². The van der Waals surface area contributed by atoms with E-state index in [4.69, 9.17) is 0 Å². The highest BCUT2D eigenvalue weighted by Crippen LogP contribution is 2.39. The number of nitrogens with one attached hydrogen (secondary N) is 2. The van der Waals surface area contributed by atoms with Crippen LogP contribution in [0.25, 0.3) is 12.2 Å². The minimum Gasteiger partial charge on any atom is -0.357 e. The van der Waals surface area contributed by atoms with Crippen LogP contribution >= 0.6 is 0 Å². The summed E-state index contributed by atoms with van der Waals surface area (Å²) in [6.45, 7) is 11.2. The number of H-pyrrole nitrogens is 1. The first-order valence-corrected chi connectivity index (χ1v) is 9.18. The second kappa shape index (κ2) is 7.35. The summed E-state index contributed by atoms with van der Waals surface area (Å²) < 4.78 is 0. The van der Waals surface area contributed by atoms with Crippen LogP contribution in [0.5, 0.6) is 0 Å². The van der Waals surface area contributed by atoms with Gasteiger partial charge in [-0.25, -0.2) is 0 Å². The molecular weight excluding hydrogens is 280 g/mol. The van der Waals surface area contributed by atoms with Gasteiger partial charge in [-0.2, -0.15) is 0 Å². The van der Waals surface area contributed by atoms with Crippen molar-refractivity contribution in [2.75, 3.05) is 6.54 Å². The first-order chi connectivity index (χ1) is 11.3. The molecule has 2 aliphatic rings. The third kappa shape index (κ3) is 3.23. The number of aromatic amines is 1. The molecule has 1 aromatic heterocycles. The minimum absolute atomic E-state index is 0.466. The predicted octanol–water partition coefficient (Wildman–Crippen LogP) is 3.35. The average Bonchev–Trinajstić information content (AvgIpc) is 2.93. The molecule has 1 saturated heterocycles. The van der Waals surface area contributed by atoms with Crippen molar-refractivity contribution >= 4 is 12.2 Å². The molecule has 2 nitrogen and oxygen atoms in total. The lowest BCUT2D eigenvalue weighted by molar-refractivity contribution is 0.152. The van der Waals surface area contributed by atoms with Crippen LogP contribution in [0, 0.1) is 11.8 Å². The third-order valence-electron chi connectivity index (χ3n) is 5.71. The zero-order chi connectivity index (χ0) is 16.2. The lowest BCUT2D eigenvalue weighted by Gasteiger charge is -2.40. The van der Waals surface area contributed by atoms with E-state index in [0.717, 1.165) is 18.3 Å². The summed E-state index contributed by atoms with van der Waals surface area (Å²) in [4.78, 5) is 3.68. The Morgan fingerprint density at radius 1 is 1.09 bits per heavy atom. The van der Waals surface area contributed by atoms with Gasteiger partial charge in [0, 0.05) is 22.3 Å². The van der Waals surface area contributed by atoms with Crippen molar-refractivity contribution in [3.05, 3.63) is 47.1 Å². The quantitative estimate of drug-likeness (QED) is 0.877. The fraction of sp³-hybridized carbons (Fsp3) is 0.524. The Morgan fingerprint density at radius 3 is 2.52 bits per heavy atom. The van der Waals surface area contributed by atoms with E-state index < -0.39 is 0 Å². The number of hydrogen-bond donors (Lipinski definition) is 2. The Kier molecular flexibility index (Phi) is 5.22. The highest BCUT2D eigenvalue weighted by molar-refractivity contribution is 5.46. The van der Waals surface area contributed by atoms with Crippen LogP contribution in [0.2, 0.25) is 0 Å². The summed E-state index contributed by atoms with van der Waals surface area (Å²) in [5.74, 6) is 1.81. The van der Waals surface area contributed by atoms with Gasteiger partial charge in [-0.15, -0.1) is 0 Å². The van der Waals surface area contributed by atoms with Crippen LogP contribution in [-0.2, 0) is 6.42 Å². The van der Waals surface area contributed by atoms with Crippen LogP contribution < -0.4 is 15.9 Å². The second-order valence-electron chi connectivity index (χ2n) is 7.00. The smallest absolute Gasteiger partial charge is 0.0478 e. The Bertz CT molecular complexity index is 679. The number of piperidine rings is 1. The average molecular weight is 310 g/mol. The van der Waals surface area contributed by atoms with Crippen molar-refractivity contribution in [2.45, 2.75) is 51.5 Å². The van der Waals surface area contributed by atoms with Crippen molar-refractivity contribution < 1.29 is 0 Å². The lowest BCUT2D eigenvalue weighted by Crippen LogP contribution is -2.41. The molecule has 3 atom stereocenters. The molecule has 23 heavy (non-hydrogen) atoms. The van der Waals surface area contributed by atoms with E-state index in [2.05, 4.69) is 42.5 Å². The number of fused-ring (bicyclic) bond motifs is 1. The zero-order valence-corrected chi connectivity index (χ0v) is 14.4. The molecule has 3 rings (SSSR count). The molecule has 2 N–H and O–H groups in total. The van der Waals surface area contributed by atoms with E-state index in [1.54, 1.807) is 0 Å².